The summed E-state index contributed by atoms with van der Waals surface area (Å²) in [6.45, 7) is 1.20. The Morgan fingerprint density at radius 1 is 1.56 bits per heavy atom. The van der Waals surface area contributed by atoms with Crippen molar-refractivity contribution < 1.29 is 14.6 Å². The zero-order valence-corrected chi connectivity index (χ0v) is 10.8. The van der Waals surface area contributed by atoms with Crippen molar-refractivity contribution in [1.82, 2.24) is 0 Å². The van der Waals surface area contributed by atoms with Crippen molar-refractivity contribution in [2.45, 2.75) is 0 Å². The molecule has 0 saturated carbocycles. The van der Waals surface area contributed by atoms with Crippen molar-refractivity contribution in [3.8, 4) is 0 Å². The van der Waals surface area contributed by atoms with Gasteiger partial charge in [0.2, 0.25) is 0 Å². The van der Waals surface area contributed by atoms with Gasteiger partial charge in [0.1, 0.15) is 0 Å². The number of hydrogen-bond donors (Lipinski definition) is 1. The molecule has 0 bridgehead atoms. The van der Waals surface area contributed by atoms with E-state index in [1.807, 2.05) is 18.0 Å². The quantitative estimate of drug-likeness (QED) is 0.902. The van der Waals surface area contributed by atoms with Crippen LogP contribution in [0, 0.1) is 0 Å². The Kier molecular flexibility index (Phi) is 4.76. The van der Waals surface area contributed by atoms with Gasteiger partial charge < -0.3 is 14.7 Å². The topological polar surface area (TPSA) is 49.8 Å². The Morgan fingerprint density at radius 3 is 2.81 bits per heavy atom. The molecule has 0 radical (unpaired) electrons. The molecule has 0 amide bonds. The van der Waals surface area contributed by atoms with Crippen LogP contribution in [0.3, 0.4) is 0 Å². The average molecular weight is 288 g/mol. The fraction of sp³-hybridized carbons (Fsp3) is 0.364. The van der Waals surface area contributed by atoms with Crippen LogP contribution >= 0.6 is 15.9 Å². The number of likely N-dealkylation sites (N-methyl/N-ethyl adjacent to an activating group) is 1. The van der Waals surface area contributed by atoms with Gasteiger partial charge in [0.05, 0.1) is 17.9 Å². The second-order valence-electron chi connectivity index (χ2n) is 3.35. The van der Waals surface area contributed by atoms with E-state index in [0.717, 1.165) is 0 Å². The molecule has 0 atom stereocenters. The number of nitrogens with zero attached hydrogens (tertiary/aromatic N) is 1. The van der Waals surface area contributed by atoms with Crippen LogP contribution in [0.1, 0.15) is 10.4 Å². The van der Waals surface area contributed by atoms with Crippen LogP contribution in [0.2, 0.25) is 0 Å². The lowest BCUT2D eigenvalue weighted by Crippen LogP contribution is -2.24. The zero-order chi connectivity index (χ0) is 12.1. The monoisotopic (exact) mass is 287 g/mol. The second-order valence-corrected chi connectivity index (χ2v) is 4.21. The van der Waals surface area contributed by atoms with Crippen molar-refractivity contribution >= 4 is 27.6 Å². The Hall–Kier alpha value is -1.07. The third-order valence-electron chi connectivity index (χ3n) is 2.25. The molecule has 0 aromatic heterocycles. The molecule has 1 rings (SSSR count). The van der Waals surface area contributed by atoms with Crippen molar-refractivity contribution in [3.05, 3.63) is 28.2 Å². The number of halogens is 1. The molecular formula is C11H14BrNO3. The van der Waals surface area contributed by atoms with Gasteiger partial charge in [0, 0.05) is 25.2 Å². The van der Waals surface area contributed by atoms with Gasteiger partial charge >= 0.3 is 5.97 Å². The summed E-state index contributed by atoms with van der Waals surface area (Å²) in [5.41, 5.74) is 0.958. The number of carbonyl (C=O) groups is 1. The zero-order valence-electron chi connectivity index (χ0n) is 9.24. The first-order valence-corrected chi connectivity index (χ1v) is 5.59. The number of carboxylic acids is 1. The summed E-state index contributed by atoms with van der Waals surface area (Å²) in [4.78, 5) is 13.0. The summed E-state index contributed by atoms with van der Waals surface area (Å²) in [6.07, 6.45) is 0. The van der Waals surface area contributed by atoms with E-state index in [-0.39, 0.29) is 5.56 Å². The Morgan fingerprint density at radius 2 is 2.25 bits per heavy atom. The van der Waals surface area contributed by atoms with Crippen LogP contribution in [0.5, 0.6) is 0 Å². The van der Waals surface area contributed by atoms with Gasteiger partial charge in [0.25, 0.3) is 0 Å². The van der Waals surface area contributed by atoms with Crippen LogP contribution < -0.4 is 4.90 Å². The molecule has 0 fully saturated rings. The number of hydrogen-bond acceptors (Lipinski definition) is 3. The summed E-state index contributed by atoms with van der Waals surface area (Å²) in [7, 11) is 3.46. The molecule has 1 N–H and O–H groups in total. The molecule has 0 aliphatic carbocycles. The van der Waals surface area contributed by atoms with Crippen LogP contribution in [0.15, 0.2) is 22.7 Å². The largest absolute Gasteiger partial charge is 0.478 e. The van der Waals surface area contributed by atoms with Crippen molar-refractivity contribution in [1.29, 1.82) is 0 Å². The number of aromatic carboxylic acids is 1. The standard InChI is InChI=1S/C11H14BrNO3/c1-13(6-7-16-2)9-5-3-4-8(12)10(9)11(14)15/h3-5H,6-7H2,1-2H3,(H,14,15). The maximum atomic E-state index is 11.1. The summed E-state index contributed by atoms with van der Waals surface area (Å²) in [5, 5.41) is 9.13. The molecule has 0 unspecified atom stereocenters. The van der Waals surface area contributed by atoms with E-state index < -0.39 is 5.97 Å². The minimum atomic E-state index is -0.938. The lowest BCUT2D eigenvalue weighted by Gasteiger charge is -2.21. The summed E-state index contributed by atoms with van der Waals surface area (Å²) >= 11 is 3.25. The van der Waals surface area contributed by atoms with E-state index in [0.29, 0.717) is 23.3 Å². The summed E-state index contributed by atoms with van der Waals surface area (Å²) < 4.78 is 5.55. The Bertz CT molecular complexity index is 381. The first-order valence-electron chi connectivity index (χ1n) is 4.79. The number of carboxylic acid groups (broad SMARTS) is 1. The van der Waals surface area contributed by atoms with Gasteiger partial charge in [-0.3, -0.25) is 0 Å². The van der Waals surface area contributed by atoms with Crippen LogP contribution in [0.25, 0.3) is 0 Å². The third-order valence-corrected chi connectivity index (χ3v) is 2.91. The molecular weight excluding hydrogens is 274 g/mol. The molecule has 0 aliphatic heterocycles. The first-order chi connectivity index (χ1) is 7.57. The van der Waals surface area contributed by atoms with Gasteiger partial charge in [-0.2, -0.15) is 0 Å². The van der Waals surface area contributed by atoms with Gasteiger partial charge in [-0.05, 0) is 28.1 Å². The molecule has 0 spiro atoms. The fourth-order valence-corrected chi connectivity index (χ4v) is 1.92. The van der Waals surface area contributed by atoms with E-state index in [1.54, 1.807) is 19.2 Å². The highest BCUT2D eigenvalue weighted by molar-refractivity contribution is 9.10. The highest BCUT2D eigenvalue weighted by Gasteiger charge is 2.16. The predicted molar refractivity (Wildman–Crippen MR) is 66.2 cm³/mol. The van der Waals surface area contributed by atoms with Crippen LogP contribution in [0.4, 0.5) is 5.69 Å². The van der Waals surface area contributed by atoms with Crippen LogP contribution in [-0.2, 0) is 4.74 Å². The minimum Gasteiger partial charge on any atom is -0.478 e. The highest BCUT2D eigenvalue weighted by atomic mass is 79.9. The average Bonchev–Trinajstić information content (AvgIpc) is 2.24. The van der Waals surface area contributed by atoms with Gasteiger partial charge in [-0.25, -0.2) is 4.79 Å². The minimum absolute atomic E-state index is 0.279. The molecule has 0 saturated heterocycles. The smallest absolute Gasteiger partial charge is 0.338 e. The van der Waals surface area contributed by atoms with E-state index in [9.17, 15) is 4.79 Å². The summed E-state index contributed by atoms with van der Waals surface area (Å²) in [6, 6.07) is 5.32. The maximum absolute atomic E-state index is 11.1. The number of ether oxygens (including phenoxy) is 1. The highest BCUT2D eigenvalue weighted by Crippen LogP contribution is 2.27. The van der Waals surface area contributed by atoms with E-state index in [2.05, 4.69) is 15.9 Å². The Labute approximate surface area is 103 Å². The van der Waals surface area contributed by atoms with Gasteiger partial charge in [-0.1, -0.05) is 6.07 Å². The molecule has 0 heterocycles. The summed E-state index contributed by atoms with van der Waals surface area (Å²) in [5.74, 6) is -0.938. The third kappa shape index (κ3) is 2.96. The van der Waals surface area contributed by atoms with E-state index >= 15 is 0 Å². The van der Waals surface area contributed by atoms with Gasteiger partial charge in [-0.15, -0.1) is 0 Å². The molecule has 16 heavy (non-hydrogen) atoms. The normalized spacial score (nSPS) is 10.2. The van der Waals surface area contributed by atoms with E-state index in [1.165, 1.54) is 0 Å². The fourth-order valence-electron chi connectivity index (χ4n) is 1.39. The van der Waals surface area contributed by atoms with E-state index in [4.69, 9.17) is 9.84 Å². The number of anilines is 1. The molecule has 4 nitrogen and oxygen atoms in total. The number of methoxy groups -OCH3 is 1. The molecule has 1 aromatic carbocycles. The molecule has 88 valence electrons. The molecule has 0 aliphatic rings. The SMILES string of the molecule is COCCN(C)c1cccc(Br)c1C(=O)O. The number of benzene rings is 1. The number of rotatable bonds is 5. The van der Waals surface area contributed by atoms with Crippen LogP contribution in [-0.4, -0.2) is 38.4 Å². The predicted octanol–water partition coefficient (Wildman–Crippen LogP) is 2.23. The van der Waals surface area contributed by atoms with Crippen molar-refractivity contribution in [2.24, 2.45) is 0 Å². The lowest BCUT2D eigenvalue weighted by atomic mass is 10.1. The Balaban J connectivity index is 3.02. The maximum Gasteiger partial charge on any atom is 0.338 e. The first kappa shape index (κ1) is 13.0. The molecule has 5 heteroatoms. The molecule has 1 aromatic rings. The van der Waals surface area contributed by atoms with Gasteiger partial charge in [0.15, 0.2) is 0 Å². The van der Waals surface area contributed by atoms with Crippen molar-refractivity contribution in [2.75, 3.05) is 32.2 Å². The van der Waals surface area contributed by atoms with Crippen molar-refractivity contribution in [3.63, 3.8) is 0 Å². The second kappa shape index (κ2) is 5.86. The lowest BCUT2D eigenvalue weighted by molar-refractivity contribution is 0.0696.